The van der Waals surface area contributed by atoms with Gasteiger partial charge >= 0.3 is 0 Å². The van der Waals surface area contributed by atoms with Crippen LogP contribution in [0.15, 0.2) is 6.07 Å². The fourth-order valence-electron chi connectivity index (χ4n) is 2.37. The average Bonchev–Trinajstić information content (AvgIpc) is 2.45. The van der Waals surface area contributed by atoms with E-state index in [9.17, 15) is 0 Å². The Morgan fingerprint density at radius 3 is 2.65 bits per heavy atom. The second-order valence-corrected chi connectivity index (χ2v) is 5.89. The maximum Gasteiger partial charge on any atom is 0.133 e. The van der Waals surface area contributed by atoms with Gasteiger partial charge in [-0.3, -0.25) is 4.90 Å². The third-order valence-electron chi connectivity index (χ3n) is 3.73. The molecular formula is C15H27N5. The molecular weight excluding hydrogens is 250 g/mol. The lowest BCUT2D eigenvalue weighted by atomic mass is 10.2. The van der Waals surface area contributed by atoms with Crippen LogP contribution in [0.5, 0.6) is 0 Å². The van der Waals surface area contributed by atoms with Crippen LogP contribution in [0, 0.1) is 6.92 Å². The number of piperazine rings is 1. The lowest BCUT2D eigenvalue weighted by Gasteiger charge is -2.29. The van der Waals surface area contributed by atoms with Gasteiger partial charge in [-0.25, -0.2) is 9.97 Å². The molecule has 112 valence electrons. The van der Waals surface area contributed by atoms with E-state index in [1.807, 2.05) is 6.92 Å². The molecule has 0 aromatic carbocycles. The van der Waals surface area contributed by atoms with Crippen LogP contribution in [0.2, 0.25) is 0 Å². The van der Waals surface area contributed by atoms with Crippen LogP contribution in [-0.2, 0) is 0 Å². The minimum absolute atomic E-state index is 0.371. The van der Waals surface area contributed by atoms with Crippen LogP contribution in [0.4, 0.5) is 5.82 Å². The Morgan fingerprint density at radius 2 is 2.00 bits per heavy atom. The van der Waals surface area contributed by atoms with E-state index in [4.69, 9.17) is 0 Å². The summed E-state index contributed by atoms with van der Waals surface area (Å²) in [6, 6.07) is 2.07. The second kappa shape index (κ2) is 6.99. The molecule has 2 heterocycles. The van der Waals surface area contributed by atoms with Crippen molar-refractivity contribution in [2.24, 2.45) is 0 Å². The van der Waals surface area contributed by atoms with Crippen molar-refractivity contribution >= 4 is 5.82 Å². The summed E-state index contributed by atoms with van der Waals surface area (Å²) in [6.45, 7) is 12.9. The molecule has 5 heteroatoms. The van der Waals surface area contributed by atoms with Gasteiger partial charge in [0, 0.05) is 64.0 Å². The summed E-state index contributed by atoms with van der Waals surface area (Å²) >= 11 is 0. The van der Waals surface area contributed by atoms with Gasteiger partial charge in [-0.2, -0.15) is 0 Å². The summed E-state index contributed by atoms with van der Waals surface area (Å²) in [7, 11) is 2.12. The largest absolute Gasteiger partial charge is 0.358 e. The minimum Gasteiger partial charge on any atom is -0.358 e. The van der Waals surface area contributed by atoms with E-state index in [0.717, 1.165) is 56.6 Å². The van der Waals surface area contributed by atoms with Gasteiger partial charge in [-0.05, 0) is 6.92 Å². The summed E-state index contributed by atoms with van der Waals surface area (Å²) < 4.78 is 0. The highest BCUT2D eigenvalue weighted by Gasteiger charge is 2.12. The molecule has 1 aliphatic heterocycles. The fourth-order valence-corrected chi connectivity index (χ4v) is 2.37. The molecule has 1 aromatic heterocycles. The highest BCUT2D eigenvalue weighted by atomic mass is 15.2. The number of aryl methyl sites for hydroxylation is 1. The summed E-state index contributed by atoms with van der Waals surface area (Å²) in [5.41, 5.74) is 1.05. The van der Waals surface area contributed by atoms with E-state index in [1.54, 1.807) is 0 Å². The molecule has 1 aromatic rings. The lowest BCUT2D eigenvalue weighted by molar-refractivity contribution is 0.246. The predicted molar refractivity (Wildman–Crippen MR) is 83.4 cm³/mol. The van der Waals surface area contributed by atoms with Crippen molar-refractivity contribution in [3.8, 4) is 0 Å². The molecule has 0 atom stereocenters. The van der Waals surface area contributed by atoms with Crippen LogP contribution >= 0.6 is 0 Å². The summed E-state index contributed by atoms with van der Waals surface area (Å²) in [5.74, 6) is 2.35. The van der Waals surface area contributed by atoms with E-state index in [2.05, 4.69) is 52.0 Å². The molecule has 0 spiro atoms. The first kappa shape index (κ1) is 15.2. The summed E-state index contributed by atoms with van der Waals surface area (Å²) in [4.78, 5) is 13.9. The van der Waals surface area contributed by atoms with Crippen molar-refractivity contribution in [3.63, 3.8) is 0 Å². The molecule has 2 rings (SSSR count). The van der Waals surface area contributed by atoms with Gasteiger partial charge in [0.1, 0.15) is 11.6 Å². The first-order valence-electron chi connectivity index (χ1n) is 7.56. The molecule has 0 amide bonds. The third kappa shape index (κ3) is 4.15. The van der Waals surface area contributed by atoms with Crippen LogP contribution < -0.4 is 10.2 Å². The van der Waals surface area contributed by atoms with Gasteiger partial charge in [0.05, 0.1) is 0 Å². The smallest absolute Gasteiger partial charge is 0.133 e. The Morgan fingerprint density at radius 1 is 1.30 bits per heavy atom. The molecule has 20 heavy (non-hydrogen) atoms. The van der Waals surface area contributed by atoms with Gasteiger partial charge in [0.25, 0.3) is 0 Å². The molecule has 0 saturated carbocycles. The SMILES string of the molecule is Cc1cc(N(C)CCN2CCNCC2)nc(C(C)C)n1. The predicted octanol–water partition coefficient (Wildman–Crippen LogP) is 1.25. The van der Waals surface area contributed by atoms with Crippen molar-refractivity contribution in [1.82, 2.24) is 20.2 Å². The summed E-state index contributed by atoms with van der Waals surface area (Å²) in [5, 5.41) is 3.39. The maximum absolute atomic E-state index is 4.68. The number of aromatic nitrogens is 2. The fraction of sp³-hybridized carbons (Fsp3) is 0.733. The Hall–Kier alpha value is -1.20. The van der Waals surface area contributed by atoms with Crippen molar-refractivity contribution in [2.75, 3.05) is 51.2 Å². The van der Waals surface area contributed by atoms with Gasteiger partial charge < -0.3 is 10.2 Å². The molecule has 1 saturated heterocycles. The van der Waals surface area contributed by atoms with E-state index < -0.39 is 0 Å². The van der Waals surface area contributed by atoms with Crippen LogP contribution in [0.25, 0.3) is 0 Å². The Labute approximate surface area is 122 Å². The van der Waals surface area contributed by atoms with Crippen molar-refractivity contribution in [2.45, 2.75) is 26.7 Å². The highest BCUT2D eigenvalue weighted by Crippen LogP contribution is 2.16. The molecule has 1 fully saturated rings. The number of nitrogens with one attached hydrogen (secondary N) is 1. The monoisotopic (exact) mass is 277 g/mol. The standard InChI is InChI=1S/C15H27N5/c1-12(2)15-17-13(3)11-14(18-15)19(4)9-10-20-7-5-16-6-8-20/h11-12,16H,5-10H2,1-4H3. The Balaban J connectivity index is 1.95. The van der Waals surface area contributed by atoms with Crippen molar-refractivity contribution in [1.29, 1.82) is 0 Å². The average molecular weight is 277 g/mol. The molecule has 0 radical (unpaired) electrons. The molecule has 0 bridgehead atoms. The van der Waals surface area contributed by atoms with Crippen LogP contribution in [0.3, 0.4) is 0 Å². The van der Waals surface area contributed by atoms with E-state index in [1.165, 1.54) is 0 Å². The van der Waals surface area contributed by atoms with Crippen LogP contribution in [0.1, 0.15) is 31.3 Å². The number of hydrogen-bond donors (Lipinski definition) is 1. The number of hydrogen-bond acceptors (Lipinski definition) is 5. The van der Waals surface area contributed by atoms with Crippen molar-refractivity contribution < 1.29 is 0 Å². The van der Waals surface area contributed by atoms with Gasteiger partial charge in [-0.15, -0.1) is 0 Å². The van der Waals surface area contributed by atoms with Crippen LogP contribution in [-0.4, -0.2) is 61.2 Å². The van der Waals surface area contributed by atoms with E-state index in [0.29, 0.717) is 5.92 Å². The zero-order valence-electron chi connectivity index (χ0n) is 13.2. The first-order chi connectivity index (χ1) is 9.56. The third-order valence-corrected chi connectivity index (χ3v) is 3.73. The second-order valence-electron chi connectivity index (χ2n) is 5.89. The number of rotatable bonds is 5. The minimum atomic E-state index is 0.371. The van der Waals surface area contributed by atoms with Gasteiger partial charge in [0.15, 0.2) is 0 Å². The quantitative estimate of drug-likeness (QED) is 0.877. The Kier molecular flexibility index (Phi) is 5.31. The van der Waals surface area contributed by atoms with Gasteiger partial charge in [-0.1, -0.05) is 13.8 Å². The van der Waals surface area contributed by atoms with E-state index in [-0.39, 0.29) is 0 Å². The zero-order valence-corrected chi connectivity index (χ0v) is 13.2. The molecule has 1 N–H and O–H groups in total. The molecule has 0 unspecified atom stereocenters. The van der Waals surface area contributed by atoms with Gasteiger partial charge in [0.2, 0.25) is 0 Å². The van der Waals surface area contributed by atoms with Crippen molar-refractivity contribution in [3.05, 3.63) is 17.6 Å². The zero-order chi connectivity index (χ0) is 14.5. The Bertz CT molecular complexity index is 426. The topological polar surface area (TPSA) is 44.3 Å². The molecule has 5 nitrogen and oxygen atoms in total. The summed E-state index contributed by atoms with van der Waals surface area (Å²) in [6.07, 6.45) is 0. The molecule has 1 aliphatic rings. The van der Waals surface area contributed by atoms with E-state index >= 15 is 0 Å². The number of likely N-dealkylation sites (N-methyl/N-ethyl adjacent to an activating group) is 1. The maximum atomic E-state index is 4.68. The highest BCUT2D eigenvalue weighted by molar-refractivity contribution is 5.39. The number of nitrogens with zero attached hydrogens (tertiary/aromatic N) is 4. The lowest BCUT2D eigenvalue weighted by Crippen LogP contribution is -2.46. The normalized spacial score (nSPS) is 16.6. The molecule has 0 aliphatic carbocycles. The first-order valence-corrected chi connectivity index (χ1v) is 7.56. The number of anilines is 1.